The maximum absolute atomic E-state index is 11.6. The second-order valence-electron chi connectivity index (χ2n) is 15.3. The van der Waals surface area contributed by atoms with E-state index in [0.29, 0.717) is 64.0 Å². The molecule has 2 atom stereocenters. The number of phenols is 2. The van der Waals surface area contributed by atoms with E-state index in [4.69, 9.17) is 28.9 Å². The van der Waals surface area contributed by atoms with Crippen molar-refractivity contribution in [2.24, 2.45) is 9.98 Å². The van der Waals surface area contributed by atoms with E-state index in [2.05, 4.69) is 41.5 Å². The number of hydrogen-bond donors (Lipinski definition) is 2. The van der Waals surface area contributed by atoms with Crippen LogP contribution in [-0.4, -0.2) is 62.3 Å². The van der Waals surface area contributed by atoms with Gasteiger partial charge in [-0.3, -0.25) is 9.98 Å². The zero-order chi connectivity index (χ0) is 37.1. The van der Waals surface area contributed by atoms with Crippen LogP contribution in [0.1, 0.15) is 98.1 Å². The molecule has 0 aromatic heterocycles. The molecule has 1 heterocycles. The molecule has 1 unspecified atom stereocenters. The molecule has 52 heavy (non-hydrogen) atoms. The Morgan fingerprint density at radius 2 is 0.846 bits per heavy atom. The minimum absolute atomic E-state index is 0.190. The molecule has 0 aliphatic carbocycles. The van der Waals surface area contributed by atoms with Gasteiger partial charge in [0.2, 0.25) is 0 Å². The van der Waals surface area contributed by atoms with Crippen LogP contribution in [0.25, 0.3) is 0 Å². The van der Waals surface area contributed by atoms with E-state index < -0.39 is 12.1 Å². The van der Waals surface area contributed by atoms with Gasteiger partial charge in [0.1, 0.15) is 23.6 Å². The molecule has 1 aliphatic rings. The Morgan fingerprint density at radius 3 is 1.19 bits per heavy atom. The second kappa shape index (κ2) is 17.9. The molecule has 8 nitrogen and oxygen atoms in total. The molecule has 0 saturated carbocycles. The Hall–Kier alpha value is -4.34. The molecule has 0 fully saturated rings. The number of hydrogen-bond acceptors (Lipinski definition) is 8. The lowest BCUT2D eigenvalue weighted by atomic mass is 9.84. The average molecular weight is 707 g/mol. The topological polar surface area (TPSA) is 102 Å². The Labute approximate surface area is 309 Å². The van der Waals surface area contributed by atoms with Crippen molar-refractivity contribution in [3.8, 4) is 11.5 Å². The summed E-state index contributed by atoms with van der Waals surface area (Å²) in [5, 5.41) is 23.2. The van der Waals surface area contributed by atoms with Gasteiger partial charge >= 0.3 is 0 Å². The Balaban J connectivity index is 1.65. The van der Waals surface area contributed by atoms with E-state index in [1.807, 2.05) is 84.9 Å². The number of phenolic OH excluding ortho intramolecular Hbond substituents is 2. The molecule has 8 heteroatoms. The van der Waals surface area contributed by atoms with Crippen molar-refractivity contribution in [1.29, 1.82) is 0 Å². The van der Waals surface area contributed by atoms with Gasteiger partial charge in [0.05, 0.1) is 52.9 Å². The quantitative estimate of drug-likeness (QED) is 0.216. The number of fused-ring (bicyclic) bond motifs is 4. The maximum Gasteiger partial charge on any atom is 0.128 e. The zero-order valence-electron chi connectivity index (χ0n) is 31.5. The van der Waals surface area contributed by atoms with Crippen molar-refractivity contribution in [3.05, 3.63) is 129 Å². The number of rotatable bonds is 2. The molecule has 4 bridgehead atoms. The van der Waals surface area contributed by atoms with Gasteiger partial charge in [-0.2, -0.15) is 0 Å². The summed E-state index contributed by atoms with van der Waals surface area (Å²) in [6.45, 7) is 15.9. The summed E-state index contributed by atoms with van der Waals surface area (Å²) in [5.41, 5.74) is 5.98. The second-order valence-corrected chi connectivity index (χ2v) is 15.3. The fourth-order valence-electron chi connectivity index (χ4n) is 6.20. The van der Waals surface area contributed by atoms with Gasteiger partial charge in [-0.05, 0) is 57.3 Å². The molecule has 0 radical (unpaired) electrons. The van der Waals surface area contributed by atoms with Crippen molar-refractivity contribution >= 4 is 12.4 Å². The zero-order valence-corrected chi connectivity index (χ0v) is 31.5. The van der Waals surface area contributed by atoms with E-state index in [1.165, 1.54) is 0 Å². The molecule has 1 aliphatic heterocycles. The Kier molecular flexibility index (Phi) is 13.4. The molecule has 2 N–H and O–H groups in total. The minimum atomic E-state index is -0.462. The molecule has 0 amide bonds. The van der Waals surface area contributed by atoms with Crippen molar-refractivity contribution in [3.63, 3.8) is 0 Å². The van der Waals surface area contributed by atoms with Crippen LogP contribution >= 0.6 is 0 Å². The highest BCUT2D eigenvalue weighted by molar-refractivity contribution is 5.86. The summed E-state index contributed by atoms with van der Waals surface area (Å²) in [6, 6.07) is 27.1. The van der Waals surface area contributed by atoms with Crippen LogP contribution in [0.15, 0.2) is 94.9 Å². The van der Waals surface area contributed by atoms with E-state index in [1.54, 1.807) is 12.4 Å². The van der Waals surface area contributed by atoms with Gasteiger partial charge in [0.15, 0.2) is 0 Å². The molecule has 0 saturated heterocycles. The van der Waals surface area contributed by atoms with Crippen LogP contribution in [0.2, 0.25) is 0 Å². The molecule has 0 spiro atoms. The maximum atomic E-state index is 11.6. The van der Waals surface area contributed by atoms with Crippen LogP contribution in [0.5, 0.6) is 11.5 Å². The van der Waals surface area contributed by atoms with Gasteiger partial charge in [-0.1, -0.05) is 102 Å². The van der Waals surface area contributed by atoms with Gasteiger partial charge in [-0.15, -0.1) is 0 Å². The summed E-state index contributed by atoms with van der Waals surface area (Å²) in [5.74, 6) is 0.380. The summed E-state index contributed by atoms with van der Waals surface area (Å²) in [7, 11) is 0. The molecular formula is C44H54N2O6. The van der Waals surface area contributed by atoms with Crippen molar-refractivity contribution in [2.45, 2.75) is 77.7 Å². The highest BCUT2D eigenvalue weighted by Crippen LogP contribution is 2.39. The van der Waals surface area contributed by atoms with E-state index in [-0.39, 0.29) is 22.3 Å². The fourth-order valence-corrected chi connectivity index (χ4v) is 6.20. The first-order valence-corrected chi connectivity index (χ1v) is 18.1. The van der Waals surface area contributed by atoms with Gasteiger partial charge in [0, 0.05) is 34.7 Å². The third-order valence-electron chi connectivity index (χ3n) is 9.00. The molecule has 276 valence electrons. The minimum Gasteiger partial charge on any atom is -0.507 e. The molecular weight excluding hydrogens is 652 g/mol. The van der Waals surface area contributed by atoms with Gasteiger partial charge < -0.3 is 29.2 Å². The average Bonchev–Trinajstić information content (AvgIpc) is 3.11. The Morgan fingerprint density at radius 1 is 0.500 bits per heavy atom. The summed E-state index contributed by atoms with van der Waals surface area (Å²) in [4.78, 5) is 10.4. The first kappa shape index (κ1) is 38.9. The fraction of sp³-hybridized carbons (Fsp3) is 0.409. The highest BCUT2D eigenvalue weighted by Gasteiger charge is 2.26. The smallest absolute Gasteiger partial charge is 0.128 e. The number of nitrogens with zero attached hydrogens (tertiary/aromatic N) is 2. The van der Waals surface area contributed by atoms with E-state index in [9.17, 15) is 10.2 Å². The largest absolute Gasteiger partial charge is 0.507 e. The van der Waals surface area contributed by atoms with Crippen molar-refractivity contribution < 1.29 is 29.2 Å². The first-order chi connectivity index (χ1) is 24.9. The van der Waals surface area contributed by atoms with Gasteiger partial charge in [-0.25, -0.2) is 0 Å². The van der Waals surface area contributed by atoms with Gasteiger partial charge in [0.25, 0.3) is 0 Å². The number of benzene rings is 4. The predicted octanol–water partition coefficient (Wildman–Crippen LogP) is 8.79. The number of aromatic hydroxyl groups is 2. The number of aliphatic imine (C=N–C) groups is 2. The summed E-state index contributed by atoms with van der Waals surface area (Å²) >= 11 is 0. The highest BCUT2D eigenvalue weighted by atomic mass is 16.6. The number of ether oxygens (including phenoxy) is 4. The van der Waals surface area contributed by atoms with Crippen molar-refractivity contribution in [1.82, 2.24) is 0 Å². The van der Waals surface area contributed by atoms with Crippen molar-refractivity contribution in [2.75, 3.05) is 39.6 Å². The third kappa shape index (κ3) is 10.6. The van der Waals surface area contributed by atoms with E-state index in [0.717, 1.165) is 33.4 Å². The van der Waals surface area contributed by atoms with Crippen LogP contribution in [0, 0.1) is 0 Å². The standard InChI is InChI=1S/C44H54N2O6/c1-43(2,3)37-25-31-23-35(41(37)47)27-45-39(33-13-9-7-10-14-33)40(34-15-11-8-12-16-34)46-28-36-24-32(26-38(42(36)48)44(4,5)6)30-52-22-20-50-18-17-49-19-21-51-29-31/h7-16,23-28,39-40,47-48H,17-22,29-30H2,1-6H3/t39-,40?/m0/s1. The Bertz CT molecular complexity index is 1660. The van der Waals surface area contributed by atoms with Crippen LogP contribution in [0.3, 0.4) is 0 Å². The lowest BCUT2D eigenvalue weighted by Crippen LogP contribution is -2.15. The summed E-state index contributed by atoms with van der Waals surface area (Å²) < 4.78 is 23.4. The lowest BCUT2D eigenvalue weighted by Gasteiger charge is -2.24. The van der Waals surface area contributed by atoms with E-state index >= 15 is 0 Å². The van der Waals surface area contributed by atoms with Crippen LogP contribution in [0.4, 0.5) is 0 Å². The SMILES string of the molecule is CC(C)(C)c1cc2cc(c1O)C=NC(c1ccccc1)[C@H](c1ccccc1)N=Cc1cc(cc(C(C)(C)C)c1O)COCCOCCOCCOC2. The molecule has 5 rings (SSSR count). The van der Waals surface area contributed by atoms with Crippen LogP contribution in [-0.2, 0) is 43.0 Å². The molecule has 4 aromatic rings. The van der Waals surface area contributed by atoms with Crippen LogP contribution < -0.4 is 0 Å². The monoisotopic (exact) mass is 706 g/mol. The lowest BCUT2D eigenvalue weighted by molar-refractivity contribution is -0.00621. The first-order valence-electron chi connectivity index (χ1n) is 18.1. The summed E-state index contributed by atoms with van der Waals surface area (Å²) in [6.07, 6.45) is 3.51. The third-order valence-corrected chi connectivity index (χ3v) is 9.00. The molecule has 4 aromatic carbocycles. The normalized spacial score (nSPS) is 18.8. The predicted molar refractivity (Wildman–Crippen MR) is 208 cm³/mol.